The zero-order valence-electron chi connectivity index (χ0n) is 11.0. The summed E-state index contributed by atoms with van der Waals surface area (Å²) < 4.78 is 1.11. The van der Waals surface area contributed by atoms with Crippen molar-refractivity contribution in [2.24, 2.45) is 0 Å². The standard InChI is InChI=1S/C17H15BrN2/c18-15-7-5-13(6-8-15)11-19-12-14-9-10-20-17-4-2-1-3-16(14)17/h1-10,19H,11-12H2. The quantitative estimate of drug-likeness (QED) is 0.773. The number of rotatable bonds is 4. The van der Waals surface area contributed by atoms with E-state index in [1.54, 1.807) is 0 Å². The van der Waals surface area contributed by atoms with Crippen LogP contribution in [0.2, 0.25) is 0 Å². The number of pyridine rings is 1. The molecule has 0 radical (unpaired) electrons. The lowest BCUT2D eigenvalue weighted by Gasteiger charge is -2.08. The Bertz CT molecular complexity index is 702. The summed E-state index contributed by atoms with van der Waals surface area (Å²) in [5.41, 5.74) is 3.62. The molecule has 0 atom stereocenters. The van der Waals surface area contributed by atoms with Gasteiger partial charge < -0.3 is 5.32 Å². The van der Waals surface area contributed by atoms with E-state index in [0.29, 0.717) is 0 Å². The fourth-order valence-corrected chi connectivity index (χ4v) is 2.52. The molecule has 0 saturated heterocycles. The minimum atomic E-state index is 0.846. The van der Waals surface area contributed by atoms with Crippen molar-refractivity contribution in [3.05, 3.63) is 76.4 Å². The summed E-state index contributed by atoms with van der Waals surface area (Å²) in [5.74, 6) is 0. The highest BCUT2D eigenvalue weighted by Gasteiger charge is 2.01. The van der Waals surface area contributed by atoms with Gasteiger partial charge in [0.05, 0.1) is 5.52 Å². The molecule has 1 heterocycles. The van der Waals surface area contributed by atoms with Gasteiger partial charge in [-0.15, -0.1) is 0 Å². The molecular formula is C17H15BrN2. The molecule has 0 aliphatic carbocycles. The van der Waals surface area contributed by atoms with Crippen LogP contribution in [0.15, 0.2) is 65.3 Å². The van der Waals surface area contributed by atoms with Crippen LogP contribution in [0, 0.1) is 0 Å². The van der Waals surface area contributed by atoms with Crippen LogP contribution in [0.3, 0.4) is 0 Å². The largest absolute Gasteiger partial charge is 0.309 e. The van der Waals surface area contributed by atoms with Gasteiger partial charge in [-0.3, -0.25) is 4.98 Å². The minimum absolute atomic E-state index is 0.846. The first kappa shape index (κ1) is 13.3. The highest BCUT2D eigenvalue weighted by Crippen LogP contribution is 2.16. The Kier molecular flexibility index (Phi) is 4.09. The van der Waals surface area contributed by atoms with Crippen molar-refractivity contribution in [3.63, 3.8) is 0 Å². The third-order valence-electron chi connectivity index (χ3n) is 3.30. The number of halogens is 1. The first-order chi connectivity index (χ1) is 9.83. The number of hydrogen-bond acceptors (Lipinski definition) is 2. The molecule has 0 bridgehead atoms. The van der Waals surface area contributed by atoms with Gasteiger partial charge >= 0.3 is 0 Å². The van der Waals surface area contributed by atoms with Crippen molar-refractivity contribution in [3.8, 4) is 0 Å². The van der Waals surface area contributed by atoms with Crippen LogP contribution in [0.25, 0.3) is 10.9 Å². The summed E-state index contributed by atoms with van der Waals surface area (Å²) in [6.07, 6.45) is 1.87. The zero-order chi connectivity index (χ0) is 13.8. The lowest BCUT2D eigenvalue weighted by Crippen LogP contribution is -2.12. The maximum Gasteiger partial charge on any atom is 0.0705 e. The monoisotopic (exact) mass is 326 g/mol. The molecule has 0 aliphatic heterocycles. The second kappa shape index (κ2) is 6.16. The first-order valence-electron chi connectivity index (χ1n) is 6.61. The van der Waals surface area contributed by atoms with Crippen molar-refractivity contribution in [1.82, 2.24) is 10.3 Å². The van der Waals surface area contributed by atoms with Crippen molar-refractivity contribution < 1.29 is 0 Å². The lowest BCUT2D eigenvalue weighted by molar-refractivity contribution is 0.696. The normalized spacial score (nSPS) is 10.8. The molecule has 1 N–H and O–H groups in total. The molecule has 3 heteroatoms. The van der Waals surface area contributed by atoms with E-state index in [9.17, 15) is 0 Å². The predicted molar refractivity (Wildman–Crippen MR) is 86.4 cm³/mol. The van der Waals surface area contributed by atoms with Crippen LogP contribution < -0.4 is 5.32 Å². The third-order valence-corrected chi connectivity index (χ3v) is 3.83. The Labute approximate surface area is 127 Å². The number of hydrogen-bond donors (Lipinski definition) is 1. The number of nitrogens with one attached hydrogen (secondary N) is 1. The molecule has 1 aromatic heterocycles. The van der Waals surface area contributed by atoms with E-state index in [1.807, 2.05) is 18.3 Å². The molecule has 2 nitrogen and oxygen atoms in total. The summed E-state index contributed by atoms with van der Waals surface area (Å²) in [4.78, 5) is 4.38. The second-order valence-corrected chi connectivity index (χ2v) is 5.63. The number of nitrogens with zero attached hydrogens (tertiary/aromatic N) is 1. The van der Waals surface area contributed by atoms with Crippen LogP contribution in [0.5, 0.6) is 0 Å². The van der Waals surface area contributed by atoms with Crippen LogP contribution in [0.4, 0.5) is 0 Å². The first-order valence-corrected chi connectivity index (χ1v) is 7.40. The zero-order valence-corrected chi connectivity index (χ0v) is 12.6. The fraction of sp³-hybridized carbons (Fsp3) is 0.118. The maximum absolute atomic E-state index is 4.38. The Morgan fingerprint density at radius 3 is 2.55 bits per heavy atom. The topological polar surface area (TPSA) is 24.9 Å². The van der Waals surface area contributed by atoms with Gasteiger partial charge in [-0.2, -0.15) is 0 Å². The lowest BCUT2D eigenvalue weighted by atomic mass is 10.1. The highest BCUT2D eigenvalue weighted by molar-refractivity contribution is 9.10. The number of aromatic nitrogens is 1. The summed E-state index contributed by atoms with van der Waals surface area (Å²) in [6.45, 7) is 1.71. The maximum atomic E-state index is 4.38. The van der Waals surface area contributed by atoms with E-state index in [2.05, 4.69) is 68.7 Å². The molecule has 20 heavy (non-hydrogen) atoms. The molecule has 0 unspecified atom stereocenters. The molecule has 3 aromatic rings. The van der Waals surface area contributed by atoms with Crippen LogP contribution in [-0.2, 0) is 13.1 Å². The Hall–Kier alpha value is -1.71. The summed E-state index contributed by atoms with van der Waals surface area (Å²) in [5, 5.41) is 4.71. The van der Waals surface area contributed by atoms with Gasteiger partial charge in [-0.25, -0.2) is 0 Å². The predicted octanol–water partition coefficient (Wildman–Crippen LogP) is 4.29. The Balaban J connectivity index is 1.69. The molecule has 2 aromatic carbocycles. The molecule has 100 valence electrons. The van der Waals surface area contributed by atoms with E-state index in [-0.39, 0.29) is 0 Å². The van der Waals surface area contributed by atoms with Crippen LogP contribution in [-0.4, -0.2) is 4.98 Å². The van der Waals surface area contributed by atoms with E-state index in [1.165, 1.54) is 16.5 Å². The molecule has 0 aliphatic rings. The number of benzene rings is 2. The van der Waals surface area contributed by atoms with Gasteiger partial charge in [0.15, 0.2) is 0 Å². The fourth-order valence-electron chi connectivity index (χ4n) is 2.25. The Morgan fingerprint density at radius 1 is 0.900 bits per heavy atom. The third kappa shape index (κ3) is 3.06. The second-order valence-electron chi connectivity index (χ2n) is 4.72. The summed E-state index contributed by atoms with van der Waals surface area (Å²) in [7, 11) is 0. The molecule has 0 fully saturated rings. The Morgan fingerprint density at radius 2 is 1.70 bits per heavy atom. The molecular weight excluding hydrogens is 312 g/mol. The van der Waals surface area contributed by atoms with Crippen molar-refractivity contribution in [2.45, 2.75) is 13.1 Å². The van der Waals surface area contributed by atoms with Gasteiger partial charge in [0.25, 0.3) is 0 Å². The average molecular weight is 327 g/mol. The molecule has 0 spiro atoms. The average Bonchev–Trinajstić information content (AvgIpc) is 2.49. The molecule has 0 saturated carbocycles. The number of fused-ring (bicyclic) bond motifs is 1. The summed E-state index contributed by atoms with van der Waals surface area (Å²) >= 11 is 3.45. The molecule has 3 rings (SSSR count). The van der Waals surface area contributed by atoms with Gasteiger partial charge in [-0.05, 0) is 35.4 Å². The van der Waals surface area contributed by atoms with E-state index < -0.39 is 0 Å². The smallest absolute Gasteiger partial charge is 0.0705 e. The van der Waals surface area contributed by atoms with Crippen LogP contribution in [0.1, 0.15) is 11.1 Å². The van der Waals surface area contributed by atoms with Crippen molar-refractivity contribution >= 4 is 26.8 Å². The van der Waals surface area contributed by atoms with Gasteiger partial charge in [0, 0.05) is 29.1 Å². The van der Waals surface area contributed by atoms with Gasteiger partial charge in [0.1, 0.15) is 0 Å². The number of para-hydroxylation sites is 1. The van der Waals surface area contributed by atoms with Crippen molar-refractivity contribution in [1.29, 1.82) is 0 Å². The van der Waals surface area contributed by atoms with E-state index in [0.717, 1.165) is 23.1 Å². The van der Waals surface area contributed by atoms with Gasteiger partial charge in [0.2, 0.25) is 0 Å². The minimum Gasteiger partial charge on any atom is -0.309 e. The van der Waals surface area contributed by atoms with Crippen LogP contribution >= 0.6 is 15.9 Å². The van der Waals surface area contributed by atoms with E-state index in [4.69, 9.17) is 0 Å². The summed E-state index contributed by atoms with van der Waals surface area (Å²) in [6, 6.07) is 18.7. The van der Waals surface area contributed by atoms with Crippen molar-refractivity contribution in [2.75, 3.05) is 0 Å². The van der Waals surface area contributed by atoms with E-state index >= 15 is 0 Å². The molecule has 0 amide bonds. The highest BCUT2D eigenvalue weighted by atomic mass is 79.9. The SMILES string of the molecule is Brc1ccc(CNCc2ccnc3ccccc23)cc1. The van der Waals surface area contributed by atoms with Gasteiger partial charge in [-0.1, -0.05) is 46.3 Å².